The number of rotatable bonds is 5. The van der Waals surface area contributed by atoms with E-state index in [9.17, 15) is 0 Å². The van der Waals surface area contributed by atoms with Crippen LogP contribution in [0.25, 0.3) is 0 Å². The quantitative estimate of drug-likeness (QED) is 0.645. The van der Waals surface area contributed by atoms with E-state index in [2.05, 4.69) is 9.97 Å². The largest absolute Gasteiger partial charge is 0.381 e. The zero-order valence-electron chi connectivity index (χ0n) is 10.4. The molecule has 1 fully saturated rings. The van der Waals surface area contributed by atoms with Gasteiger partial charge in [-0.2, -0.15) is 0 Å². The number of nitrogens with zero attached hydrogens (tertiary/aromatic N) is 1. The molecule has 0 atom stereocenters. The standard InChI is InChI=1S/C13H20N2OS/c1-2-16-8-7-12-14-11(9-13(17)15-12)10-5-3-4-6-10/h9-10H,2-8H2,1H3,(H,14,15,17). The predicted octanol–water partition coefficient (Wildman–Crippen LogP) is 3.38. The van der Waals surface area contributed by atoms with Gasteiger partial charge in [-0.05, 0) is 31.7 Å². The van der Waals surface area contributed by atoms with E-state index in [1.54, 1.807) is 0 Å². The Morgan fingerprint density at radius 3 is 2.94 bits per heavy atom. The zero-order chi connectivity index (χ0) is 12.1. The number of hydrogen-bond acceptors (Lipinski definition) is 3. The number of aromatic nitrogens is 2. The third-order valence-electron chi connectivity index (χ3n) is 3.30. The number of hydrogen-bond donors (Lipinski definition) is 1. The minimum atomic E-state index is 0.658. The van der Waals surface area contributed by atoms with Crippen molar-refractivity contribution in [3.63, 3.8) is 0 Å². The Morgan fingerprint density at radius 2 is 2.24 bits per heavy atom. The van der Waals surface area contributed by atoms with Gasteiger partial charge < -0.3 is 9.72 Å². The lowest BCUT2D eigenvalue weighted by atomic mass is 10.0. The lowest BCUT2D eigenvalue weighted by Gasteiger charge is -2.11. The normalized spacial score (nSPS) is 16.5. The van der Waals surface area contributed by atoms with Crippen molar-refractivity contribution < 1.29 is 4.74 Å². The first-order valence-electron chi connectivity index (χ1n) is 6.47. The molecule has 0 bridgehead atoms. The monoisotopic (exact) mass is 252 g/mol. The summed E-state index contributed by atoms with van der Waals surface area (Å²) in [6, 6.07) is 2.02. The summed E-state index contributed by atoms with van der Waals surface area (Å²) in [6.07, 6.45) is 6.04. The molecule has 0 unspecified atom stereocenters. The number of nitrogens with one attached hydrogen (secondary N) is 1. The molecule has 1 aliphatic carbocycles. The Kier molecular flexibility index (Phi) is 4.68. The van der Waals surface area contributed by atoms with Crippen LogP contribution in [0.5, 0.6) is 0 Å². The topological polar surface area (TPSA) is 37.9 Å². The lowest BCUT2D eigenvalue weighted by molar-refractivity contribution is 0.149. The van der Waals surface area contributed by atoms with Gasteiger partial charge in [-0.1, -0.05) is 25.1 Å². The van der Waals surface area contributed by atoms with Crippen LogP contribution in [0, 0.1) is 4.64 Å². The molecule has 17 heavy (non-hydrogen) atoms. The van der Waals surface area contributed by atoms with Gasteiger partial charge in [-0.25, -0.2) is 4.98 Å². The second-order valence-corrected chi connectivity index (χ2v) is 4.97. The third kappa shape index (κ3) is 3.61. The number of aromatic amines is 1. The summed E-state index contributed by atoms with van der Waals surface area (Å²) in [7, 11) is 0. The van der Waals surface area contributed by atoms with Crippen LogP contribution >= 0.6 is 12.2 Å². The van der Waals surface area contributed by atoms with E-state index in [-0.39, 0.29) is 0 Å². The summed E-state index contributed by atoms with van der Waals surface area (Å²) in [5.41, 5.74) is 1.27. The van der Waals surface area contributed by atoms with Crippen molar-refractivity contribution in [2.24, 2.45) is 0 Å². The first-order chi connectivity index (χ1) is 8.29. The summed E-state index contributed by atoms with van der Waals surface area (Å²) in [6.45, 7) is 3.47. The van der Waals surface area contributed by atoms with E-state index in [1.807, 2.05) is 13.0 Å². The molecular weight excluding hydrogens is 232 g/mol. The third-order valence-corrected chi connectivity index (χ3v) is 3.50. The fourth-order valence-corrected chi connectivity index (χ4v) is 2.65. The molecule has 0 aliphatic heterocycles. The Hall–Kier alpha value is -0.740. The molecule has 0 spiro atoms. The fourth-order valence-electron chi connectivity index (χ4n) is 2.42. The van der Waals surface area contributed by atoms with Crippen LogP contribution in [0.2, 0.25) is 0 Å². The van der Waals surface area contributed by atoms with E-state index < -0.39 is 0 Å². The smallest absolute Gasteiger partial charge is 0.129 e. The van der Waals surface area contributed by atoms with Gasteiger partial charge >= 0.3 is 0 Å². The first kappa shape index (κ1) is 12.7. The van der Waals surface area contributed by atoms with Crippen molar-refractivity contribution in [2.45, 2.75) is 44.9 Å². The highest BCUT2D eigenvalue weighted by Gasteiger charge is 2.18. The summed E-state index contributed by atoms with van der Waals surface area (Å²) < 4.78 is 6.05. The van der Waals surface area contributed by atoms with Crippen LogP contribution in [0.1, 0.15) is 50.0 Å². The molecule has 4 heteroatoms. The van der Waals surface area contributed by atoms with Crippen molar-refractivity contribution in [3.8, 4) is 0 Å². The van der Waals surface area contributed by atoms with E-state index in [0.717, 1.165) is 18.9 Å². The highest BCUT2D eigenvalue weighted by molar-refractivity contribution is 7.71. The lowest BCUT2D eigenvalue weighted by Crippen LogP contribution is -2.06. The highest BCUT2D eigenvalue weighted by Crippen LogP contribution is 2.32. The SMILES string of the molecule is CCOCCc1nc(=S)cc(C2CCCC2)[nH]1. The van der Waals surface area contributed by atoms with Crippen molar-refractivity contribution >= 4 is 12.2 Å². The summed E-state index contributed by atoms with van der Waals surface area (Å²) in [5, 5.41) is 0. The minimum Gasteiger partial charge on any atom is -0.381 e. The van der Waals surface area contributed by atoms with Crippen LogP contribution in [-0.2, 0) is 11.2 Å². The summed E-state index contributed by atoms with van der Waals surface area (Å²) in [5.74, 6) is 1.62. The maximum atomic E-state index is 5.35. The molecule has 2 rings (SSSR count). The maximum absolute atomic E-state index is 5.35. The van der Waals surface area contributed by atoms with E-state index in [4.69, 9.17) is 17.0 Å². The molecule has 1 heterocycles. The Balaban J connectivity index is 2.08. The van der Waals surface area contributed by atoms with Gasteiger partial charge in [0, 0.05) is 18.7 Å². The average molecular weight is 252 g/mol. The van der Waals surface area contributed by atoms with E-state index >= 15 is 0 Å². The van der Waals surface area contributed by atoms with Gasteiger partial charge in [0.05, 0.1) is 6.61 Å². The molecule has 0 radical (unpaired) electrons. The van der Waals surface area contributed by atoms with Crippen molar-refractivity contribution in [1.29, 1.82) is 0 Å². The number of ether oxygens (including phenoxy) is 1. The minimum absolute atomic E-state index is 0.658. The van der Waals surface area contributed by atoms with Crippen LogP contribution < -0.4 is 0 Å². The second kappa shape index (κ2) is 6.26. The molecule has 1 aromatic rings. The van der Waals surface area contributed by atoms with Gasteiger partial charge in [-0.15, -0.1) is 0 Å². The fraction of sp³-hybridized carbons (Fsp3) is 0.692. The Bertz CT molecular complexity index is 410. The van der Waals surface area contributed by atoms with Crippen LogP contribution in [0.15, 0.2) is 6.07 Å². The molecule has 1 N–H and O–H groups in total. The van der Waals surface area contributed by atoms with Gasteiger partial charge in [0.2, 0.25) is 0 Å². The zero-order valence-corrected chi connectivity index (χ0v) is 11.2. The van der Waals surface area contributed by atoms with Gasteiger partial charge in [0.1, 0.15) is 10.5 Å². The molecule has 1 aliphatic rings. The van der Waals surface area contributed by atoms with E-state index in [1.165, 1.54) is 31.4 Å². The van der Waals surface area contributed by atoms with Crippen molar-refractivity contribution in [2.75, 3.05) is 13.2 Å². The molecule has 0 amide bonds. The van der Waals surface area contributed by atoms with Gasteiger partial charge in [0.25, 0.3) is 0 Å². The van der Waals surface area contributed by atoms with Gasteiger partial charge in [-0.3, -0.25) is 0 Å². The van der Waals surface area contributed by atoms with Crippen molar-refractivity contribution in [3.05, 3.63) is 22.2 Å². The average Bonchev–Trinajstić information content (AvgIpc) is 2.82. The summed E-state index contributed by atoms with van der Waals surface area (Å²) >= 11 is 5.23. The first-order valence-corrected chi connectivity index (χ1v) is 6.88. The van der Waals surface area contributed by atoms with Crippen LogP contribution in [-0.4, -0.2) is 23.2 Å². The molecule has 0 saturated heterocycles. The van der Waals surface area contributed by atoms with Crippen molar-refractivity contribution in [1.82, 2.24) is 9.97 Å². The van der Waals surface area contributed by atoms with Crippen LogP contribution in [0.4, 0.5) is 0 Å². The predicted molar refractivity (Wildman–Crippen MR) is 70.8 cm³/mol. The highest BCUT2D eigenvalue weighted by atomic mass is 32.1. The molecule has 0 aromatic carbocycles. The molecular formula is C13H20N2OS. The molecule has 1 aromatic heterocycles. The molecule has 3 nitrogen and oxygen atoms in total. The number of H-pyrrole nitrogens is 1. The molecule has 94 valence electrons. The maximum Gasteiger partial charge on any atom is 0.129 e. The van der Waals surface area contributed by atoms with Crippen LogP contribution in [0.3, 0.4) is 0 Å². The van der Waals surface area contributed by atoms with E-state index in [0.29, 0.717) is 17.2 Å². The molecule has 1 saturated carbocycles. The second-order valence-electron chi connectivity index (χ2n) is 4.55. The summed E-state index contributed by atoms with van der Waals surface area (Å²) in [4.78, 5) is 7.78. The Morgan fingerprint density at radius 1 is 1.47 bits per heavy atom. The van der Waals surface area contributed by atoms with Gasteiger partial charge in [0.15, 0.2) is 0 Å². The Labute approximate surface area is 108 Å².